The summed E-state index contributed by atoms with van der Waals surface area (Å²) in [6.07, 6.45) is 3.18. The van der Waals surface area contributed by atoms with Gasteiger partial charge in [0.2, 0.25) is 6.86 Å². The van der Waals surface area contributed by atoms with E-state index in [1.165, 1.54) is 6.07 Å². The second-order valence-electron chi connectivity index (χ2n) is 9.04. The third kappa shape index (κ3) is 6.08. The van der Waals surface area contributed by atoms with E-state index < -0.39 is 16.7 Å². The molecule has 192 valence electrons. The molecule has 1 unspecified atom stereocenters. The number of benzene rings is 2. The van der Waals surface area contributed by atoms with E-state index in [9.17, 15) is 17.6 Å². The van der Waals surface area contributed by atoms with Crippen LogP contribution in [-0.2, 0) is 16.4 Å². The molecule has 1 aliphatic heterocycles. The van der Waals surface area contributed by atoms with Crippen LogP contribution in [0.4, 0.5) is 10.1 Å². The van der Waals surface area contributed by atoms with Gasteiger partial charge in [0.25, 0.3) is 5.56 Å². The minimum Gasteiger partial charge on any atom is -0.463 e. The molecule has 1 atom stereocenters. The van der Waals surface area contributed by atoms with E-state index in [0.29, 0.717) is 35.7 Å². The molecular formula is C27H26FN3O5S. The lowest BCUT2D eigenvalue weighted by atomic mass is 10.1. The number of nitrogens with zero attached hydrogens (tertiary/aromatic N) is 2. The Balaban J connectivity index is 1.32. The Morgan fingerprint density at radius 1 is 1.08 bits per heavy atom. The molecular weight excluding hydrogens is 497 g/mol. The molecule has 2 aromatic carbocycles. The summed E-state index contributed by atoms with van der Waals surface area (Å²) in [5, 5.41) is 7.45. The van der Waals surface area contributed by atoms with Crippen LogP contribution in [0.2, 0.25) is 0 Å². The number of aromatic nitrogens is 2. The van der Waals surface area contributed by atoms with Gasteiger partial charge in [0, 0.05) is 41.2 Å². The highest BCUT2D eigenvalue weighted by Gasteiger charge is 2.24. The smallest absolute Gasteiger partial charge is 0.250 e. The molecule has 0 bridgehead atoms. The van der Waals surface area contributed by atoms with Crippen molar-refractivity contribution in [3.63, 3.8) is 0 Å². The molecule has 0 aliphatic carbocycles. The summed E-state index contributed by atoms with van der Waals surface area (Å²) >= 11 is 0. The molecule has 5 rings (SSSR count). The molecule has 0 radical (unpaired) electrons. The number of nitrogens with one attached hydrogen (secondary N) is 1. The van der Waals surface area contributed by atoms with Crippen molar-refractivity contribution >= 4 is 15.5 Å². The first-order chi connectivity index (χ1) is 17.9. The molecule has 2 aromatic heterocycles. The number of anilines is 1. The van der Waals surface area contributed by atoms with Crippen molar-refractivity contribution in [2.75, 3.05) is 23.7 Å². The fraction of sp³-hybridized carbons (Fsp3) is 0.259. The van der Waals surface area contributed by atoms with Gasteiger partial charge in [0.05, 0.1) is 18.1 Å². The maximum absolute atomic E-state index is 12.6. The van der Waals surface area contributed by atoms with E-state index in [1.54, 1.807) is 47.2 Å². The molecule has 8 nitrogen and oxygen atoms in total. The zero-order valence-electron chi connectivity index (χ0n) is 20.0. The van der Waals surface area contributed by atoms with Crippen molar-refractivity contribution in [2.45, 2.75) is 25.4 Å². The van der Waals surface area contributed by atoms with Gasteiger partial charge < -0.3 is 19.1 Å². The lowest BCUT2D eigenvalue weighted by Gasteiger charge is -2.24. The van der Waals surface area contributed by atoms with E-state index in [0.717, 1.165) is 23.2 Å². The zero-order valence-corrected chi connectivity index (χ0v) is 20.8. The van der Waals surface area contributed by atoms with Crippen molar-refractivity contribution in [3.05, 3.63) is 88.8 Å². The third-order valence-corrected chi connectivity index (χ3v) is 8.08. The molecule has 0 saturated carbocycles. The lowest BCUT2D eigenvalue weighted by Crippen LogP contribution is -2.34. The first-order valence-corrected chi connectivity index (χ1v) is 13.7. The van der Waals surface area contributed by atoms with Crippen LogP contribution in [0.5, 0.6) is 5.75 Å². The quantitative estimate of drug-likeness (QED) is 0.362. The lowest BCUT2D eigenvalue weighted by molar-refractivity contribution is 0.192. The molecule has 0 amide bonds. The fourth-order valence-electron chi connectivity index (χ4n) is 4.46. The highest BCUT2D eigenvalue weighted by atomic mass is 32.2. The van der Waals surface area contributed by atoms with Gasteiger partial charge in [-0.15, -0.1) is 0 Å². The van der Waals surface area contributed by atoms with Crippen LogP contribution in [0.1, 0.15) is 18.4 Å². The van der Waals surface area contributed by atoms with E-state index in [2.05, 4.69) is 10.5 Å². The van der Waals surface area contributed by atoms with Crippen LogP contribution in [0.3, 0.4) is 0 Å². The Labute approximate surface area is 213 Å². The maximum atomic E-state index is 12.6. The van der Waals surface area contributed by atoms with E-state index in [1.807, 2.05) is 24.3 Å². The van der Waals surface area contributed by atoms with Crippen molar-refractivity contribution in [1.82, 2.24) is 9.72 Å². The molecule has 4 aromatic rings. The predicted octanol–water partition coefficient (Wildman–Crippen LogP) is 4.51. The SMILES string of the molecule is O=c1ccc(-c2cc(-c3ccc(OCF)cc3)no2)cn1Cc1cccc(NC2CCCS(=O)(=O)C2)c1. The van der Waals surface area contributed by atoms with Gasteiger partial charge in [0.1, 0.15) is 11.4 Å². The first kappa shape index (κ1) is 24.8. The van der Waals surface area contributed by atoms with Crippen molar-refractivity contribution in [2.24, 2.45) is 0 Å². The second kappa shape index (κ2) is 10.6. The highest BCUT2D eigenvalue weighted by molar-refractivity contribution is 7.91. The largest absolute Gasteiger partial charge is 0.463 e. The molecule has 1 N–H and O–H groups in total. The standard InChI is InChI=1S/C27H26FN3O5S/c28-18-35-24-9-6-20(7-10-24)25-14-26(36-30-25)21-8-11-27(32)31(16-21)15-19-3-1-4-22(13-19)29-23-5-2-12-37(33,34)17-23/h1,3-4,6-11,13-14,16,23,29H,2,5,12,15,17-18H2. The molecule has 3 heterocycles. The molecule has 37 heavy (non-hydrogen) atoms. The average molecular weight is 524 g/mol. The number of hydrogen-bond acceptors (Lipinski definition) is 7. The molecule has 0 spiro atoms. The Bertz CT molecular complexity index is 1550. The molecule has 1 aliphatic rings. The number of hydrogen-bond donors (Lipinski definition) is 1. The normalized spacial score (nSPS) is 16.8. The van der Waals surface area contributed by atoms with Crippen molar-refractivity contribution in [3.8, 4) is 28.3 Å². The fourth-order valence-corrected chi connectivity index (χ4v) is 6.10. The van der Waals surface area contributed by atoms with Gasteiger partial charge in [-0.25, -0.2) is 12.8 Å². The first-order valence-electron chi connectivity index (χ1n) is 11.9. The number of sulfone groups is 1. The average Bonchev–Trinajstić information content (AvgIpc) is 3.36. The highest BCUT2D eigenvalue weighted by Crippen LogP contribution is 2.27. The second-order valence-corrected chi connectivity index (χ2v) is 11.3. The van der Waals surface area contributed by atoms with Crippen LogP contribution in [0, 0.1) is 0 Å². The zero-order chi connectivity index (χ0) is 25.8. The Morgan fingerprint density at radius 3 is 2.68 bits per heavy atom. The van der Waals surface area contributed by atoms with Crippen LogP contribution in [0.15, 0.2) is 82.2 Å². The van der Waals surface area contributed by atoms with Gasteiger partial charge >= 0.3 is 0 Å². The summed E-state index contributed by atoms with van der Waals surface area (Å²) in [6, 6.07) is 19.3. The van der Waals surface area contributed by atoms with Gasteiger partial charge in [-0.3, -0.25) is 4.79 Å². The van der Waals surface area contributed by atoms with Gasteiger partial charge in [-0.1, -0.05) is 17.3 Å². The van der Waals surface area contributed by atoms with E-state index in [-0.39, 0.29) is 23.1 Å². The van der Waals surface area contributed by atoms with Crippen molar-refractivity contribution < 1.29 is 22.1 Å². The van der Waals surface area contributed by atoms with Crippen LogP contribution in [0.25, 0.3) is 22.6 Å². The predicted molar refractivity (Wildman–Crippen MR) is 139 cm³/mol. The number of ether oxygens (including phenoxy) is 1. The van der Waals surface area contributed by atoms with Gasteiger partial charge in [0.15, 0.2) is 15.6 Å². The van der Waals surface area contributed by atoms with E-state index >= 15 is 0 Å². The van der Waals surface area contributed by atoms with Crippen LogP contribution in [-0.4, -0.2) is 42.5 Å². The molecule has 1 saturated heterocycles. The number of rotatable bonds is 8. The number of halogens is 1. The summed E-state index contributed by atoms with van der Waals surface area (Å²) in [7, 11) is -3.01. The maximum Gasteiger partial charge on any atom is 0.250 e. The summed E-state index contributed by atoms with van der Waals surface area (Å²) in [6.45, 7) is -0.559. The molecule has 10 heteroatoms. The Kier molecular flexibility index (Phi) is 7.09. The van der Waals surface area contributed by atoms with Gasteiger partial charge in [-0.05, 0) is 60.9 Å². The van der Waals surface area contributed by atoms with Crippen LogP contribution < -0.4 is 15.6 Å². The number of pyridine rings is 1. The summed E-state index contributed by atoms with van der Waals surface area (Å²) in [5.41, 5.74) is 3.64. The van der Waals surface area contributed by atoms with E-state index in [4.69, 9.17) is 9.26 Å². The summed E-state index contributed by atoms with van der Waals surface area (Å²) in [5.74, 6) is 1.30. The van der Waals surface area contributed by atoms with Gasteiger partial charge in [-0.2, -0.15) is 0 Å². The summed E-state index contributed by atoms with van der Waals surface area (Å²) < 4.78 is 48.2. The Morgan fingerprint density at radius 2 is 1.89 bits per heavy atom. The third-order valence-electron chi connectivity index (χ3n) is 6.26. The monoisotopic (exact) mass is 523 g/mol. The van der Waals surface area contributed by atoms with Crippen LogP contribution >= 0.6 is 0 Å². The molecule has 1 fully saturated rings. The minimum absolute atomic E-state index is 0.117. The van der Waals surface area contributed by atoms with Crippen molar-refractivity contribution in [1.29, 1.82) is 0 Å². The topological polar surface area (TPSA) is 103 Å². The minimum atomic E-state index is -3.01. The summed E-state index contributed by atoms with van der Waals surface area (Å²) in [4.78, 5) is 12.6. The number of alkyl halides is 1. The Hall–Kier alpha value is -3.92.